The molecule has 0 fully saturated rings. The van der Waals surface area contributed by atoms with Crippen molar-refractivity contribution in [1.29, 1.82) is 0 Å². The van der Waals surface area contributed by atoms with E-state index >= 15 is 0 Å². The fraction of sp³-hybridized carbons (Fsp3) is 0.114. The summed E-state index contributed by atoms with van der Waals surface area (Å²) < 4.78 is 2.49. The lowest BCUT2D eigenvalue weighted by atomic mass is 9.99. The molecule has 0 saturated heterocycles. The molecular formula is C44H37N2Si. The van der Waals surface area contributed by atoms with Gasteiger partial charge in [0.25, 0.3) is 0 Å². The standard InChI is InChI=1S/C44H37N2Si/c1-4-15-33(16-5-1)36-27-28-41-40-24-11-12-25-42(40)46(43(41)32-36)44-26-13-10-17-34(29-30-45-44)35-18-14-23-39(31-35)47(37-19-6-2-7-20-37)38-21-8-3-9-22-38/h1-9,11-12,14-16,18-25,27-32,44H,10,13,17,26H2. The maximum atomic E-state index is 5.28. The molecule has 7 aromatic rings. The highest BCUT2D eigenvalue weighted by atomic mass is 28.3. The van der Waals surface area contributed by atoms with Crippen LogP contribution in [0.2, 0.25) is 0 Å². The van der Waals surface area contributed by atoms with E-state index in [0.29, 0.717) is 0 Å². The van der Waals surface area contributed by atoms with Gasteiger partial charge in [-0.15, -0.1) is 0 Å². The molecule has 0 bridgehead atoms. The summed E-state index contributed by atoms with van der Waals surface area (Å²) in [5.74, 6) is 0. The van der Waals surface area contributed by atoms with Crippen molar-refractivity contribution in [2.75, 3.05) is 0 Å². The van der Waals surface area contributed by atoms with Gasteiger partial charge in [-0.2, -0.15) is 0 Å². The highest BCUT2D eigenvalue weighted by Gasteiger charge is 2.21. The number of aromatic nitrogens is 1. The summed E-state index contributed by atoms with van der Waals surface area (Å²) in [4.78, 5) is 5.28. The van der Waals surface area contributed by atoms with E-state index in [9.17, 15) is 0 Å². The second kappa shape index (κ2) is 13.2. The third-order valence-electron chi connectivity index (χ3n) is 9.46. The fourth-order valence-electron chi connectivity index (χ4n) is 7.18. The second-order valence-corrected chi connectivity index (χ2v) is 14.9. The van der Waals surface area contributed by atoms with Crippen molar-refractivity contribution in [3.05, 3.63) is 169 Å². The van der Waals surface area contributed by atoms with E-state index in [2.05, 4.69) is 175 Å². The first-order chi connectivity index (χ1) is 23.3. The highest BCUT2D eigenvalue weighted by molar-refractivity contribution is 6.95. The van der Waals surface area contributed by atoms with Crippen molar-refractivity contribution >= 4 is 58.0 Å². The molecule has 0 spiro atoms. The number of hydrogen-bond donors (Lipinski definition) is 0. The largest absolute Gasteiger partial charge is 0.318 e. The first-order valence-electron chi connectivity index (χ1n) is 16.7. The molecule has 1 aliphatic rings. The van der Waals surface area contributed by atoms with E-state index in [0.717, 1.165) is 25.7 Å². The average molecular weight is 622 g/mol. The van der Waals surface area contributed by atoms with Gasteiger partial charge in [-0.25, -0.2) is 0 Å². The second-order valence-electron chi connectivity index (χ2n) is 12.4. The summed E-state index contributed by atoms with van der Waals surface area (Å²) >= 11 is 0. The molecule has 2 nitrogen and oxygen atoms in total. The van der Waals surface area contributed by atoms with Crippen LogP contribution in [0.1, 0.15) is 37.4 Å². The van der Waals surface area contributed by atoms with E-state index in [4.69, 9.17) is 4.99 Å². The number of benzene rings is 6. The zero-order chi connectivity index (χ0) is 31.4. The Morgan fingerprint density at radius 2 is 1.15 bits per heavy atom. The Hall–Kier alpha value is -5.25. The van der Waals surface area contributed by atoms with Crippen molar-refractivity contribution in [2.24, 2.45) is 4.99 Å². The van der Waals surface area contributed by atoms with Crippen LogP contribution in [0.25, 0.3) is 38.5 Å². The highest BCUT2D eigenvalue weighted by Crippen LogP contribution is 2.37. The van der Waals surface area contributed by atoms with Crippen LogP contribution in [0, 0.1) is 0 Å². The van der Waals surface area contributed by atoms with Crippen LogP contribution in [0.5, 0.6) is 0 Å². The van der Waals surface area contributed by atoms with Gasteiger partial charge in [-0.05, 0) is 66.2 Å². The van der Waals surface area contributed by atoms with Gasteiger partial charge in [-0.1, -0.05) is 161 Å². The number of hydrogen-bond acceptors (Lipinski definition) is 1. The summed E-state index contributed by atoms with van der Waals surface area (Å²) in [5, 5.41) is 6.82. The molecule has 8 rings (SSSR count). The van der Waals surface area contributed by atoms with Crippen LogP contribution in [0.4, 0.5) is 0 Å². The Bertz CT molecular complexity index is 2160. The van der Waals surface area contributed by atoms with Crippen LogP contribution in [-0.2, 0) is 0 Å². The van der Waals surface area contributed by atoms with Gasteiger partial charge in [0.15, 0.2) is 8.80 Å². The van der Waals surface area contributed by atoms with E-state index in [1.165, 1.54) is 59.6 Å². The molecule has 1 atom stereocenters. The third kappa shape index (κ3) is 5.91. The smallest absolute Gasteiger partial charge is 0.154 e. The molecule has 1 aromatic heterocycles. The number of aliphatic imine (C=N–C) groups is 1. The van der Waals surface area contributed by atoms with E-state index in [1.54, 1.807) is 0 Å². The topological polar surface area (TPSA) is 17.3 Å². The minimum Gasteiger partial charge on any atom is -0.318 e. The number of fused-ring (bicyclic) bond motifs is 3. The summed E-state index contributed by atoms with van der Waals surface area (Å²) in [6.45, 7) is 0. The van der Waals surface area contributed by atoms with Crippen molar-refractivity contribution in [3.8, 4) is 11.1 Å². The average Bonchev–Trinajstić information content (AvgIpc) is 3.52. The van der Waals surface area contributed by atoms with Gasteiger partial charge < -0.3 is 4.57 Å². The number of nitrogens with zero attached hydrogens (tertiary/aromatic N) is 2. The van der Waals surface area contributed by atoms with Gasteiger partial charge >= 0.3 is 0 Å². The molecule has 2 heterocycles. The van der Waals surface area contributed by atoms with Gasteiger partial charge in [0.05, 0.1) is 11.0 Å². The molecular weight excluding hydrogens is 585 g/mol. The molecule has 1 unspecified atom stereocenters. The Balaban J connectivity index is 1.17. The quantitative estimate of drug-likeness (QED) is 0.130. The minimum absolute atomic E-state index is 0.0383. The first kappa shape index (κ1) is 29.2. The number of para-hydroxylation sites is 1. The summed E-state index contributed by atoms with van der Waals surface area (Å²) in [7, 11) is -1.13. The van der Waals surface area contributed by atoms with Crippen LogP contribution in [-0.4, -0.2) is 19.6 Å². The minimum atomic E-state index is -1.13. The van der Waals surface area contributed by atoms with Crippen molar-refractivity contribution in [3.63, 3.8) is 0 Å². The maximum absolute atomic E-state index is 5.28. The Morgan fingerprint density at radius 3 is 1.91 bits per heavy atom. The van der Waals surface area contributed by atoms with Gasteiger partial charge in [0.1, 0.15) is 6.17 Å². The van der Waals surface area contributed by atoms with E-state index in [-0.39, 0.29) is 6.17 Å². The fourth-order valence-corrected chi connectivity index (χ4v) is 9.80. The van der Waals surface area contributed by atoms with Crippen molar-refractivity contribution < 1.29 is 0 Å². The molecule has 6 aromatic carbocycles. The molecule has 0 N–H and O–H groups in total. The van der Waals surface area contributed by atoms with E-state index < -0.39 is 8.80 Å². The lowest BCUT2D eigenvalue weighted by molar-refractivity contribution is 0.488. The summed E-state index contributed by atoms with van der Waals surface area (Å²) in [6.07, 6.45) is 8.71. The van der Waals surface area contributed by atoms with Crippen LogP contribution in [0.15, 0.2) is 169 Å². The zero-order valence-electron chi connectivity index (χ0n) is 26.5. The van der Waals surface area contributed by atoms with Crippen molar-refractivity contribution in [1.82, 2.24) is 4.57 Å². The molecule has 0 saturated carbocycles. The predicted octanol–water partition coefficient (Wildman–Crippen LogP) is 9.20. The molecule has 1 radical (unpaired) electrons. The molecule has 0 aliphatic carbocycles. The van der Waals surface area contributed by atoms with Gasteiger partial charge in [-0.3, -0.25) is 4.99 Å². The number of allylic oxidation sites excluding steroid dienone is 2. The van der Waals surface area contributed by atoms with Gasteiger partial charge in [0, 0.05) is 17.0 Å². The maximum Gasteiger partial charge on any atom is 0.154 e. The van der Waals surface area contributed by atoms with E-state index in [1.807, 2.05) is 0 Å². The van der Waals surface area contributed by atoms with Crippen molar-refractivity contribution in [2.45, 2.75) is 31.8 Å². The summed E-state index contributed by atoms with van der Waals surface area (Å²) in [6, 6.07) is 57.8. The predicted molar refractivity (Wildman–Crippen MR) is 203 cm³/mol. The molecule has 0 amide bonds. The lowest BCUT2D eigenvalue weighted by Crippen LogP contribution is -2.51. The Kier molecular flexibility index (Phi) is 8.21. The SMILES string of the molecule is C1=NC(n2c3ccccc3c3ccc(-c4ccccc4)cc32)CCCCC(c2cccc([Si](c3ccccc3)c3ccccc3)c2)=C1. The molecule has 1 aliphatic heterocycles. The Morgan fingerprint density at radius 1 is 0.511 bits per heavy atom. The Labute approximate surface area is 279 Å². The summed E-state index contributed by atoms with van der Waals surface area (Å²) in [5.41, 5.74) is 7.66. The van der Waals surface area contributed by atoms with Crippen LogP contribution < -0.4 is 15.6 Å². The molecule has 227 valence electrons. The number of rotatable bonds is 6. The molecule has 47 heavy (non-hydrogen) atoms. The van der Waals surface area contributed by atoms with Gasteiger partial charge in [0.2, 0.25) is 0 Å². The van der Waals surface area contributed by atoms with Crippen LogP contribution in [0.3, 0.4) is 0 Å². The van der Waals surface area contributed by atoms with Crippen LogP contribution >= 0.6 is 0 Å². The lowest BCUT2D eigenvalue weighted by Gasteiger charge is -2.18. The zero-order valence-corrected chi connectivity index (χ0v) is 27.5. The monoisotopic (exact) mass is 621 g/mol. The third-order valence-corrected chi connectivity index (χ3v) is 12.2. The first-order valence-corrected chi connectivity index (χ1v) is 18.2. The normalized spacial score (nSPS) is 15.3. The molecule has 3 heteroatoms.